The Kier molecular flexibility index (Phi) is 10.8. The minimum absolute atomic E-state index is 0.106. The number of ketones is 1. The summed E-state index contributed by atoms with van der Waals surface area (Å²) in [5, 5.41) is 3.43. The van der Waals surface area contributed by atoms with Crippen molar-refractivity contribution in [3.63, 3.8) is 0 Å². The summed E-state index contributed by atoms with van der Waals surface area (Å²) in [5.41, 5.74) is 0.901. The SMILES string of the molecule is CCCCNC(=O)[C@H](C)N(Cc1c(Cl)cccc1Cl)C(=O)CN(c1cccc(C(C)=O)c1)S(C)(=O)=O. The molecule has 0 spiro atoms. The van der Waals surface area contributed by atoms with Crippen LogP contribution in [-0.2, 0) is 26.2 Å². The molecule has 36 heavy (non-hydrogen) atoms. The zero-order valence-electron chi connectivity index (χ0n) is 20.8. The third-order valence-corrected chi connectivity index (χ3v) is 7.46. The molecule has 0 unspecified atom stereocenters. The number of nitrogens with one attached hydrogen (secondary N) is 1. The van der Waals surface area contributed by atoms with Crippen LogP contribution in [0.15, 0.2) is 42.5 Å². The normalized spacial score (nSPS) is 12.1. The first kappa shape index (κ1) is 29.6. The van der Waals surface area contributed by atoms with Crippen LogP contribution in [-0.4, -0.2) is 56.3 Å². The van der Waals surface area contributed by atoms with Crippen LogP contribution in [0.3, 0.4) is 0 Å². The number of rotatable bonds is 12. The van der Waals surface area contributed by atoms with Gasteiger partial charge in [-0.1, -0.05) is 54.7 Å². The van der Waals surface area contributed by atoms with Gasteiger partial charge in [-0.25, -0.2) is 8.42 Å². The van der Waals surface area contributed by atoms with Crippen LogP contribution in [0.4, 0.5) is 5.69 Å². The average Bonchev–Trinajstić information content (AvgIpc) is 2.81. The second-order valence-electron chi connectivity index (χ2n) is 8.42. The van der Waals surface area contributed by atoms with Gasteiger partial charge in [0.1, 0.15) is 12.6 Å². The number of unbranched alkanes of at least 4 members (excludes halogenated alkanes) is 1. The lowest BCUT2D eigenvalue weighted by Crippen LogP contribution is -2.51. The molecule has 0 aliphatic heterocycles. The van der Waals surface area contributed by atoms with Gasteiger partial charge >= 0.3 is 0 Å². The molecule has 1 atom stereocenters. The molecule has 0 fully saturated rings. The molecule has 1 N–H and O–H groups in total. The van der Waals surface area contributed by atoms with Crippen molar-refractivity contribution in [1.82, 2.24) is 10.2 Å². The molecule has 0 bridgehead atoms. The quantitative estimate of drug-likeness (QED) is 0.310. The highest BCUT2D eigenvalue weighted by Crippen LogP contribution is 2.27. The van der Waals surface area contributed by atoms with Crippen LogP contribution in [0.25, 0.3) is 0 Å². The maximum absolute atomic E-state index is 13.6. The topological polar surface area (TPSA) is 104 Å². The van der Waals surface area contributed by atoms with E-state index >= 15 is 0 Å². The standard InChI is InChI=1S/C25H31Cl2N3O5S/c1-5-6-13-28-25(33)17(2)29(15-21-22(26)11-8-12-23(21)27)24(32)16-30(36(4,34)35)20-10-7-9-19(14-20)18(3)31/h7-12,14,17H,5-6,13,15-16H2,1-4H3,(H,28,33)/t17-/m0/s1. The fourth-order valence-corrected chi connectivity index (χ4v) is 4.82. The fourth-order valence-electron chi connectivity index (χ4n) is 3.47. The number of nitrogens with zero attached hydrogens (tertiary/aromatic N) is 2. The molecule has 2 aromatic carbocycles. The molecule has 2 amide bonds. The van der Waals surface area contributed by atoms with Gasteiger partial charge < -0.3 is 10.2 Å². The van der Waals surface area contributed by atoms with Gasteiger partial charge in [0.05, 0.1) is 11.9 Å². The Balaban J connectivity index is 2.45. The highest BCUT2D eigenvalue weighted by molar-refractivity contribution is 7.92. The molecular formula is C25H31Cl2N3O5S. The van der Waals surface area contributed by atoms with E-state index in [0.29, 0.717) is 27.7 Å². The fraction of sp³-hybridized carbons (Fsp3) is 0.400. The molecule has 0 radical (unpaired) electrons. The van der Waals surface area contributed by atoms with Gasteiger partial charge in [-0.15, -0.1) is 0 Å². The minimum atomic E-state index is -3.92. The van der Waals surface area contributed by atoms with E-state index in [4.69, 9.17) is 23.2 Å². The van der Waals surface area contributed by atoms with Crippen molar-refractivity contribution >= 4 is 56.5 Å². The molecule has 0 aliphatic rings. The average molecular weight is 557 g/mol. The Hall–Kier alpha value is -2.62. The maximum Gasteiger partial charge on any atom is 0.244 e. The number of carbonyl (C=O) groups is 3. The molecule has 2 aromatic rings. The summed E-state index contributed by atoms with van der Waals surface area (Å²) in [4.78, 5) is 39.5. The van der Waals surface area contributed by atoms with Crippen LogP contribution in [0, 0.1) is 0 Å². The summed E-state index contributed by atoms with van der Waals surface area (Å²) in [6, 6.07) is 9.97. The Morgan fingerprint density at radius 1 is 1.06 bits per heavy atom. The van der Waals surface area contributed by atoms with E-state index in [-0.39, 0.29) is 23.9 Å². The van der Waals surface area contributed by atoms with Gasteiger partial charge in [-0.05, 0) is 44.5 Å². The lowest BCUT2D eigenvalue weighted by atomic mass is 10.1. The van der Waals surface area contributed by atoms with Crippen molar-refractivity contribution in [2.75, 3.05) is 23.7 Å². The highest BCUT2D eigenvalue weighted by Gasteiger charge is 2.31. The summed E-state index contributed by atoms with van der Waals surface area (Å²) in [5.74, 6) is -1.27. The summed E-state index contributed by atoms with van der Waals surface area (Å²) in [7, 11) is -3.92. The number of anilines is 1. The zero-order valence-corrected chi connectivity index (χ0v) is 23.1. The molecule has 0 heterocycles. The minimum Gasteiger partial charge on any atom is -0.354 e. The van der Waals surface area contributed by atoms with E-state index in [2.05, 4.69) is 5.32 Å². The number of amides is 2. The lowest BCUT2D eigenvalue weighted by molar-refractivity contribution is -0.139. The van der Waals surface area contributed by atoms with Crippen LogP contribution < -0.4 is 9.62 Å². The van der Waals surface area contributed by atoms with E-state index in [9.17, 15) is 22.8 Å². The third kappa shape index (κ3) is 7.94. The summed E-state index contributed by atoms with van der Waals surface area (Å²) < 4.78 is 26.2. The Bertz CT molecular complexity index is 1200. The number of benzene rings is 2. The van der Waals surface area contributed by atoms with Crippen LogP contribution in [0.2, 0.25) is 10.0 Å². The lowest BCUT2D eigenvalue weighted by Gasteiger charge is -2.32. The monoisotopic (exact) mass is 555 g/mol. The predicted octanol–water partition coefficient (Wildman–Crippen LogP) is 4.30. The Labute approximate surface area is 222 Å². The van der Waals surface area contributed by atoms with Crippen molar-refractivity contribution < 1.29 is 22.8 Å². The van der Waals surface area contributed by atoms with Gasteiger partial charge in [-0.3, -0.25) is 18.7 Å². The van der Waals surface area contributed by atoms with E-state index in [0.717, 1.165) is 23.4 Å². The van der Waals surface area contributed by atoms with Crippen LogP contribution in [0.1, 0.15) is 49.5 Å². The maximum atomic E-state index is 13.6. The molecular weight excluding hydrogens is 525 g/mol. The van der Waals surface area contributed by atoms with Gasteiger partial charge in [0.2, 0.25) is 21.8 Å². The first-order valence-corrected chi connectivity index (χ1v) is 14.1. The second kappa shape index (κ2) is 13.1. The molecule has 0 saturated carbocycles. The van der Waals surface area contributed by atoms with Crippen LogP contribution >= 0.6 is 23.2 Å². The van der Waals surface area contributed by atoms with Crippen molar-refractivity contribution in [2.45, 2.75) is 46.2 Å². The van der Waals surface area contributed by atoms with Gasteiger partial charge in [0.25, 0.3) is 0 Å². The molecule has 2 rings (SSSR count). The number of hydrogen-bond donors (Lipinski definition) is 1. The van der Waals surface area contributed by atoms with E-state index in [1.807, 2.05) is 6.92 Å². The molecule has 0 saturated heterocycles. The Morgan fingerprint density at radius 2 is 1.67 bits per heavy atom. The Morgan fingerprint density at radius 3 is 2.22 bits per heavy atom. The number of Topliss-reactive ketones (excluding diaryl/α,β-unsaturated/α-hetero) is 1. The zero-order chi connectivity index (χ0) is 27.0. The highest BCUT2D eigenvalue weighted by atomic mass is 35.5. The number of halogens is 2. The third-order valence-electron chi connectivity index (χ3n) is 5.61. The molecule has 8 nitrogen and oxygen atoms in total. The van der Waals surface area contributed by atoms with Crippen molar-refractivity contribution in [2.24, 2.45) is 0 Å². The predicted molar refractivity (Wildman–Crippen MR) is 143 cm³/mol. The summed E-state index contributed by atoms with van der Waals surface area (Å²) in [6.07, 6.45) is 2.63. The number of sulfonamides is 1. The molecule has 0 aliphatic carbocycles. The van der Waals surface area contributed by atoms with Gasteiger partial charge in [-0.2, -0.15) is 0 Å². The van der Waals surface area contributed by atoms with Crippen molar-refractivity contribution in [1.29, 1.82) is 0 Å². The van der Waals surface area contributed by atoms with Crippen molar-refractivity contribution in [3.8, 4) is 0 Å². The number of hydrogen-bond acceptors (Lipinski definition) is 5. The van der Waals surface area contributed by atoms with E-state index in [1.54, 1.807) is 37.3 Å². The largest absolute Gasteiger partial charge is 0.354 e. The number of carbonyl (C=O) groups excluding carboxylic acids is 3. The molecule has 11 heteroatoms. The molecule has 0 aromatic heterocycles. The van der Waals surface area contributed by atoms with E-state index in [1.165, 1.54) is 24.0 Å². The van der Waals surface area contributed by atoms with Crippen LogP contribution in [0.5, 0.6) is 0 Å². The van der Waals surface area contributed by atoms with E-state index < -0.39 is 28.5 Å². The van der Waals surface area contributed by atoms with Gasteiger partial charge in [0.15, 0.2) is 5.78 Å². The molecule has 196 valence electrons. The van der Waals surface area contributed by atoms with Gasteiger partial charge in [0, 0.05) is 34.3 Å². The van der Waals surface area contributed by atoms with Crippen molar-refractivity contribution in [3.05, 3.63) is 63.6 Å². The smallest absolute Gasteiger partial charge is 0.244 e. The summed E-state index contributed by atoms with van der Waals surface area (Å²) in [6.45, 7) is 4.67. The first-order chi connectivity index (χ1) is 16.9. The summed E-state index contributed by atoms with van der Waals surface area (Å²) >= 11 is 12.7. The second-order valence-corrected chi connectivity index (χ2v) is 11.1. The first-order valence-electron chi connectivity index (χ1n) is 11.5.